The molecule has 0 saturated heterocycles. The zero-order chi connectivity index (χ0) is 16.8. The molecule has 1 saturated carbocycles. The number of benzene rings is 1. The number of rotatable bonds is 3. The molecule has 0 bridgehead atoms. The van der Waals surface area contributed by atoms with Crippen LogP contribution in [0.4, 0.5) is 14.3 Å². The first-order chi connectivity index (χ1) is 10.7. The van der Waals surface area contributed by atoms with Gasteiger partial charge in [-0.15, -0.1) is 0 Å². The van der Waals surface area contributed by atoms with Crippen molar-refractivity contribution in [2.24, 2.45) is 0 Å². The molecule has 2 N–H and O–H groups in total. The van der Waals surface area contributed by atoms with E-state index < -0.39 is 11.6 Å². The van der Waals surface area contributed by atoms with Crippen molar-refractivity contribution in [2.45, 2.75) is 51.2 Å². The fraction of sp³-hybridized carbons (Fsp3) is 0.500. The fourth-order valence-electron chi connectivity index (χ4n) is 3.04. The predicted molar refractivity (Wildman–Crippen MR) is 89.6 cm³/mol. The average Bonchev–Trinajstić information content (AvgIpc) is 2.75. The van der Waals surface area contributed by atoms with E-state index in [-0.39, 0.29) is 17.9 Å². The van der Waals surface area contributed by atoms with Crippen LogP contribution in [0.2, 0.25) is 0 Å². The number of aromatic nitrogens is 1. The summed E-state index contributed by atoms with van der Waals surface area (Å²) >= 11 is 1.42. The molecule has 1 fully saturated rings. The van der Waals surface area contributed by atoms with Gasteiger partial charge in [-0.3, -0.25) is 0 Å². The highest BCUT2D eigenvalue weighted by atomic mass is 32.1. The highest BCUT2D eigenvalue weighted by Gasteiger charge is 2.41. The lowest BCUT2D eigenvalue weighted by atomic mass is 9.83. The van der Waals surface area contributed by atoms with Crippen molar-refractivity contribution in [1.82, 2.24) is 9.88 Å². The molecular weight excluding hydrogens is 317 g/mol. The topological polar surface area (TPSA) is 65.5 Å². The van der Waals surface area contributed by atoms with E-state index in [1.807, 2.05) is 20.8 Å². The van der Waals surface area contributed by atoms with Crippen LogP contribution in [-0.4, -0.2) is 38.7 Å². The number of fused-ring (bicyclic) bond motifs is 1. The Kier molecular flexibility index (Phi) is 3.91. The van der Waals surface area contributed by atoms with Gasteiger partial charge in [0.25, 0.3) is 0 Å². The van der Waals surface area contributed by atoms with Gasteiger partial charge in [0.2, 0.25) is 0 Å². The van der Waals surface area contributed by atoms with Crippen LogP contribution < -0.4 is 5.32 Å². The Bertz CT molecular complexity index is 734. The van der Waals surface area contributed by atoms with E-state index in [0.717, 1.165) is 28.2 Å². The summed E-state index contributed by atoms with van der Waals surface area (Å²) in [6, 6.07) is 4.78. The van der Waals surface area contributed by atoms with Gasteiger partial charge in [0.15, 0.2) is 5.13 Å². The van der Waals surface area contributed by atoms with Gasteiger partial charge in [-0.2, -0.15) is 0 Å². The number of nitrogens with zero attached hydrogens (tertiary/aromatic N) is 2. The number of thiazole rings is 1. The van der Waals surface area contributed by atoms with Gasteiger partial charge >= 0.3 is 6.09 Å². The minimum Gasteiger partial charge on any atom is -0.465 e. The Hall–Kier alpha value is -1.89. The van der Waals surface area contributed by atoms with Gasteiger partial charge in [0.05, 0.1) is 10.2 Å². The molecule has 1 aromatic carbocycles. The van der Waals surface area contributed by atoms with E-state index in [1.165, 1.54) is 28.4 Å². The van der Waals surface area contributed by atoms with Crippen molar-refractivity contribution in [3.8, 4) is 0 Å². The number of carbonyl (C=O) groups is 1. The third kappa shape index (κ3) is 3.24. The van der Waals surface area contributed by atoms with Crippen LogP contribution >= 0.6 is 11.3 Å². The van der Waals surface area contributed by atoms with Crippen LogP contribution in [0.1, 0.15) is 33.6 Å². The molecule has 0 radical (unpaired) electrons. The van der Waals surface area contributed by atoms with Crippen LogP contribution in [0.5, 0.6) is 0 Å². The molecule has 2 aromatic rings. The SMILES string of the molecule is CC(C)(C)N(C(=O)O)C1CC(Nc2nc3ccc(F)cc3s2)C1. The molecule has 1 aliphatic rings. The highest BCUT2D eigenvalue weighted by molar-refractivity contribution is 7.22. The van der Waals surface area contributed by atoms with Crippen LogP contribution in [0.3, 0.4) is 0 Å². The van der Waals surface area contributed by atoms with Crippen LogP contribution in [-0.2, 0) is 0 Å². The molecule has 0 aliphatic heterocycles. The molecule has 5 nitrogen and oxygen atoms in total. The van der Waals surface area contributed by atoms with E-state index in [2.05, 4.69) is 10.3 Å². The molecule has 0 atom stereocenters. The number of carboxylic acid groups (broad SMARTS) is 1. The van der Waals surface area contributed by atoms with Crippen LogP contribution in [0.15, 0.2) is 18.2 Å². The minimum atomic E-state index is -0.878. The van der Waals surface area contributed by atoms with E-state index >= 15 is 0 Å². The summed E-state index contributed by atoms with van der Waals surface area (Å²) in [7, 11) is 0. The normalized spacial score (nSPS) is 21.0. The van der Waals surface area contributed by atoms with Crippen molar-refractivity contribution in [1.29, 1.82) is 0 Å². The van der Waals surface area contributed by atoms with Crippen molar-refractivity contribution < 1.29 is 14.3 Å². The summed E-state index contributed by atoms with van der Waals surface area (Å²) in [6.07, 6.45) is 0.637. The van der Waals surface area contributed by atoms with E-state index in [9.17, 15) is 14.3 Å². The van der Waals surface area contributed by atoms with Crippen molar-refractivity contribution in [2.75, 3.05) is 5.32 Å². The average molecular weight is 337 g/mol. The number of anilines is 1. The Labute approximate surface area is 138 Å². The van der Waals surface area contributed by atoms with E-state index in [4.69, 9.17) is 0 Å². The Morgan fingerprint density at radius 3 is 2.74 bits per heavy atom. The molecule has 1 aromatic heterocycles. The molecule has 0 unspecified atom stereocenters. The lowest BCUT2D eigenvalue weighted by Gasteiger charge is -2.47. The fourth-order valence-corrected chi connectivity index (χ4v) is 4.01. The summed E-state index contributed by atoms with van der Waals surface area (Å²) in [6.45, 7) is 5.72. The minimum absolute atomic E-state index is 0.0248. The zero-order valence-electron chi connectivity index (χ0n) is 13.3. The second-order valence-electron chi connectivity index (χ2n) is 6.92. The summed E-state index contributed by atoms with van der Waals surface area (Å²) < 4.78 is 14.0. The number of hydrogen-bond acceptors (Lipinski definition) is 4. The number of halogens is 1. The first-order valence-corrected chi connectivity index (χ1v) is 8.40. The van der Waals surface area contributed by atoms with Crippen LogP contribution in [0.25, 0.3) is 10.2 Å². The van der Waals surface area contributed by atoms with Gasteiger partial charge < -0.3 is 15.3 Å². The number of amides is 1. The smallest absolute Gasteiger partial charge is 0.407 e. The van der Waals surface area contributed by atoms with E-state index in [1.54, 1.807) is 6.07 Å². The van der Waals surface area contributed by atoms with Gasteiger partial charge in [-0.25, -0.2) is 14.2 Å². The van der Waals surface area contributed by atoms with Gasteiger partial charge in [-0.1, -0.05) is 11.3 Å². The summed E-state index contributed by atoms with van der Waals surface area (Å²) in [4.78, 5) is 17.4. The van der Waals surface area contributed by atoms with Gasteiger partial charge in [0, 0.05) is 17.6 Å². The monoisotopic (exact) mass is 337 g/mol. The standard InChI is InChI=1S/C16H20FN3O2S/c1-16(2,3)20(15(21)22)11-7-10(8-11)18-14-19-12-5-4-9(17)6-13(12)23-14/h4-6,10-11H,7-8H2,1-3H3,(H,18,19)(H,21,22). The molecule has 124 valence electrons. The molecule has 23 heavy (non-hydrogen) atoms. The second-order valence-corrected chi connectivity index (χ2v) is 7.95. The summed E-state index contributed by atoms with van der Waals surface area (Å²) in [5.74, 6) is -0.265. The third-order valence-electron chi connectivity index (χ3n) is 4.09. The van der Waals surface area contributed by atoms with Crippen molar-refractivity contribution >= 4 is 32.8 Å². The van der Waals surface area contributed by atoms with Crippen molar-refractivity contribution in [3.05, 3.63) is 24.0 Å². The Morgan fingerprint density at radius 2 is 2.13 bits per heavy atom. The largest absolute Gasteiger partial charge is 0.465 e. The maximum Gasteiger partial charge on any atom is 0.407 e. The maximum absolute atomic E-state index is 13.2. The number of nitrogens with one attached hydrogen (secondary N) is 1. The molecule has 1 heterocycles. The Balaban J connectivity index is 1.64. The first kappa shape index (κ1) is 16.0. The molecule has 0 spiro atoms. The predicted octanol–water partition coefficient (Wildman–Crippen LogP) is 4.16. The molecule has 1 amide bonds. The lowest BCUT2D eigenvalue weighted by molar-refractivity contribution is 0.0379. The van der Waals surface area contributed by atoms with Crippen molar-refractivity contribution in [3.63, 3.8) is 0 Å². The first-order valence-electron chi connectivity index (χ1n) is 7.59. The lowest BCUT2D eigenvalue weighted by Crippen LogP contribution is -2.58. The van der Waals surface area contributed by atoms with Gasteiger partial charge in [0.1, 0.15) is 5.82 Å². The zero-order valence-corrected chi connectivity index (χ0v) is 14.2. The van der Waals surface area contributed by atoms with E-state index in [0.29, 0.717) is 0 Å². The molecule has 3 rings (SSSR count). The van der Waals surface area contributed by atoms with Gasteiger partial charge in [-0.05, 0) is 51.8 Å². The molecule has 7 heteroatoms. The summed E-state index contributed by atoms with van der Waals surface area (Å²) in [5, 5.41) is 13.5. The number of hydrogen-bond donors (Lipinski definition) is 2. The van der Waals surface area contributed by atoms with Crippen LogP contribution in [0, 0.1) is 5.82 Å². The maximum atomic E-state index is 13.2. The highest BCUT2D eigenvalue weighted by Crippen LogP contribution is 2.35. The quantitative estimate of drug-likeness (QED) is 0.883. The Morgan fingerprint density at radius 1 is 1.43 bits per heavy atom. The summed E-state index contributed by atoms with van der Waals surface area (Å²) in [5.41, 5.74) is 0.367. The second kappa shape index (κ2) is 5.63. The molecular formula is C16H20FN3O2S. The molecule has 1 aliphatic carbocycles. The third-order valence-corrected chi connectivity index (χ3v) is 5.03.